The van der Waals surface area contributed by atoms with Gasteiger partial charge in [-0.25, -0.2) is 4.79 Å². The van der Waals surface area contributed by atoms with Gasteiger partial charge < -0.3 is 9.64 Å². The molecular weight excluding hydrogens is 270 g/mol. The smallest absolute Gasteiger partial charge is 0.410 e. The number of carbonyl (C=O) groups is 1. The van der Waals surface area contributed by atoms with Crippen LogP contribution in [0.2, 0.25) is 0 Å². The maximum atomic E-state index is 11.9. The van der Waals surface area contributed by atoms with Crippen molar-refractivity contribution in [2.75, 3.05) is 19.3 Å². The van der Waals surface area contributed by atoms with E-state index in [4.69, 9.17) is 8.92 Å². The van der Waals surface area contributed by atoms with Gasteiger partial charge in [0, 0.05) is 19.0 Å². The second-order valence-corrected chi connectivity index (χ2v) is 7.63. The van der Waals surface area contributed by atoms with Gasteiger partial charge in [0.1, 0.15) is 5.60 Å². The summed E-state index contributed by atoms with van der Waals surface area (Å²) in [5.74, 6) is -0.0454. The number of rotatable bonds is 2. The van der Waals surface area contributed by atoms with Crippen LogP contribution in [0.15, 0.2) is 0 Å². The first-order valence-corrected chi connectivity index (χ1v) is 8.16. The number of hydrogen-bond donors (Lipinski definition) is 0. The molecule has 1 aliphatic rings. The predicted octanol–water partition coefficient (Wildman–Crippen LogP) is 1.61. The fourth-order valence-electron chi connectivity index (χ4n) is 1.98. The molecule has 1 amide bonds. The molecule has 0 aromatic carbocycles. The maximum Gasteiger partial charge on any atom is 0.410 e. The van der Waals surface area contributed by atoms with Crippen molar-refractivity contribution in [3.63, 3.8) is 0 Å². The van der Waals surface area contributed by atoms with Gasteiger partial charge in [-0.15, -0.1) is 0 Å². The summed E-state index contributed by atoms with van der Waals surface area (Å²) in [6, 6.07) is 0. The van der Waals surface area contributed by atoms with E-state index in [-0.39, 0.29) is 18.1 Å². The van der Waals surface area contributed by atoms with Crippen LogP contribution < -0.4 is 0 Å². The monoisotopic (exact) mass is 293 g/mol. The lowest BCUT2D eigenvalue weighted by atomic mass is 9.97. The van der Waals surface area contributed by atoms with Crippen LogP contribution in [0.25, 0.3) is 0 Å². The molecule has 1 fully saturated rings. The molecule has 0 N–H and O–H groups in total. The highest BCUT2D eigenvalue weighted by Gasteiger charge is 2.33. The molecule has 7 heteroatoms. The van der Waals surface area contributed by atoms with Crippen molar-refractivity contribution < 1.29 is 22.1 Å². The van der Waals surface area contributed by atoms with E-state index in [9.17, 15) is 13.2 Å². The molecule has 0 aliphatic carbocycles. The SMILES string of the molecule is C[C@@H]1CN(C(=O)OC(C)(C)C)CC[C@@H]1OS(C)(=O)=O. The zero-order chi connectivity index (χ0) is 14.8. The largest absolute Gasteiger partial charge is 0.444 e. The number of likely N-dealkylation sites (tertiary alicyclic amines) is 1. The number of piperidine rings is 1. The van der Waals surface area contributed by atoms with E-state index in [0.717, 1.165) is 6.26 Å². The molecule has 0 spiro atoms. The molecule has 1 heterocycles. The molecular formula is C12H23NO5S. The van der Waals surface area contributed by atoms with Gasteiger partial charge in [0.2, 0.25) is 0 Å². The molecule has 0 radical (unpaired) electrons. The van der Waals surface area contributed by atoms with Gasteiger partial charge in [0.15, 0.2) is 0 Å². The summed E-state index contributed by atoms with van der Waals surface area (Å²) in [5.41, 5.74) is -0.527. The van der Waals surface area contributed by atoms with Crippen molar-refractivity contribution in [3.05, 3.63) is 0 Å². The fourth-order valence-corrected chi connectivity index (χ4v) is 2.72. The quantitative estimate of drug-likeness (QED) is 0.723. The van der Waals surface area contributed by atoms with Crippen LogP contribution in [0, 0.1) is 5.92 Å². The molecule has 0 bridgehead atoms. The third-order valence-corrected chi connectivity index (χ3v) is 3.37. The van der Waals surface area contributed by atoms with Crippen LogP contribution >= 0.6 is 0 Å². The standard InChI is InChI=1S/C12H23NO5S/c1-9-8-13(11(14)17-12(2,3)4)7-6-10(9)18-19(5,15)16/h9-10H,6-8H2,1-5H3/t9-,10+/m1/s1. The first-order chi connectivity index (χ1) is 8.48. The highest BCUT2D eigenvalue weighted by atomic mass is 32.2. The molecule has 112 valence electrons. The maximum absolute atomic E-state index is 11.9. The van der Waals surface area contributed by atoms with Crippen LogP contribution in [-0.4, -0.2) is 50.5 Å². The Balaban J connectivity index is 2.56. The van der Waals surface area contributed by atoms with Gasteiger partial charge in [-0.3, -0.25) is 4.18 Å². The van der Waals surface area contributed by atoms with Crippen molar-refractivity contribution in [1.82, 2.24) is 4.90 Å². The Hall–Kier alpha value is -0.820. The number of carbonyl (C=O) groups excluding carboxylic acids is 1. The summed E-state index contributed by atoms with van der Waals surface area (Å²) in [5, 5.41) is 0. The second-order valence-electron chi connectivity index (χ2n) is 6.03. The lowest BCUT2D eigenvalue weighted by Gasteiger charge is -2.36. The van der Waals surface area contributed by atoms with E-state index in [0.29, 0.717) is 19.5 Å². The van der Waals surface area contributed by atoms with Gasteiger partial charge in [0.05, 0.1) is 12.4 Å². The van der Waals surface area contributed by atoms with Crippen molar-refractivity contribution in [3.8, 4) is 0 Å². The van der Waals surface area contributed by atoms with E-state index in [2.05, 4.69) is 0 Å². The van der Waals surface area contributed by atoms with E-state index < -0.39 is 15.7 Å². The van der Waals surface area contributed by atoms with Crippen molar-refractivity contribution in [2.24, 2.45) is 5.92 Å². The van der Waals surface area contributed by atoms with Crippen LogP contribution in [-0.2, 0) is 19.0 Å². The summed E-state index contributed by atoms with van der Waals surface area (Å²) in [7, 11) is -3.46. The fraction of sp³-hybridized carbons (Fsp3) is 0.917. The average Bonchev–Trinajstić information content (AvgIpc) is 2.16. The van der Waals surface area contributed by atoms with E-state index in [1.165, 1.54) is 0 Å². The zero-order valence-electron chi connectivity index (χ0n) is 12.2. The minimum Gasteiger partial charge on any atom is -0.444 e. The molecule has 1 aliphatic heterocycles. The third-order valence-electron chi connectivity index (χ3n) is 2.78. The Morgan fingerprint density at radius 1 is 1.32 bits per heavy atom. The van der Waals surface area contributed by atoms with Crippen LogP contribution in [0.4, 0.5) is 4.79 Å². The Labute approximate surface area is 115 Å². The normalized spacial score (nSPS) is 25.2. The number of hydrogen-bond acceptors (Lipinski definition) is 5. The van der Waals surface area contributed by atoms with Crippen molar-refractivity contribution >= 4 is 16.2 Å². The highest BCUT2D eigenvalue weighted by Crippen LogP contribution is 2.22. The molecule has 0 unspecified atom stereocenters. The summed E-state index contributed by atoms with van der Waals surface area (Å²) in [4.78, 5) is 13.5. The van der Waals surface area contributed by atoms with Crippen LogP contribution in [0.3, 0.4) is 0 Å². The van der Waals surface area contributed by atoms with Crippen LogP contribution in [0.1, 0.15) is 34.1 Å². The van der Waals surface area contributed by atoms with E-state index >= 15 is 0 Å². The molecule has 0 aromatic heterocycles. The van der Waals surface area contributed by atoms with Gasteiger partial charge in [0.25, 0.3) is 10.1 Å². The number of nitrogens with zero attached hydrogens (tertiary/aromatic N) is 1. The molecule has 6 nitrogen and oxygen atoms in total. The van der Waals surface area contributed by atoms with Crippen molar-refractivity contribution in [2.45, 2.75) is 45.8 Å². The van der Waals surface area contributed by atoms with E-state index in [1.54, 1.807) is 4.90 Å². The first-order valence-electron chi connectivity index (χ1n) is 6.34. The van der Waals surface area contributed by atoms with Crippen LogP contribution in [0.5, 0.6) is 0 Å². The second kappa shape index (κ2) is 5.66. The Morgan fingerprint density at radius 2 is 1.89 bits per heavy atom. The number of amides is 1. The predicted molar refractivity (Wildman–Crippen MR) is 71.3 cm³/mol. The summed E-state index contributed by atoms with van der Waals surface area (Å²) >= 11 is 0. The Kier molecular flexibility index (Phi) is 4.84. The Bertz CT molecular complexity index is 426. The lowest BCUT2D eigenvalue weighted by Crippen LogP contribution is -2.47. The first kappa shape index (κ1) is 16.2. The molecule has 0 saturated carbocycles. The lowest BCUT2D eigenvalue weighted by molar-refractivity contribution is 0.00174. The highest BCUT2D eigenvalue weighted by molar-refractivity contribution is 7.86. The molecule has 1 rings (SSSR count). The summed E-state index contributed by atoms with van der Waals surface area (Å²) in [6.07, 6.45) is 0.804. The zero-order valence-corrected chi connectivity index (χ0v) is 13.0. The molecule has 2 atom stereocenters. The van der Waals surface area contributed by atoms with Crippen molar-refractivity contribution in [1.29, 1.82) is 0 Å². The topological polar surface area (TPSA) is 72.9 Å². The van der Waals surface area contributed by atoms with Gasteiger partial charge in [-0.1, -0.05) is 6.92 Å². The van der Waals surface area contributed by atoms with Gasteiger partial charge in [-0.05, 0) is 27.2 Å². The summed E-state index contributed by atoms with van der Waals surface area (Å²) < 4.78 is 32.5. The average molecular weight is 293 g/mol. The van der Waals surface area contributed by atoms with Gasteiger partial charge in [-0.2, -0.15) is 8.42 Å². The number of ether oxygens (including phenoxy) is 1. The minimum absolute atomic E-state index is 0.0454. The summed E-state index contributed by atoms with van der Waals surface area (Å²) in [6.45, 7) is 8.19. The minimum atomic E-state index is -3.46. The van der Waals surface area contributed by atoms with Gasteiger partial charge >= 0.3 is 6.09 Å². The molecule has 0 aromatic rings. The molecule has 1 saturated heterocycles. The molecule has 19 heavy (non-hydrogen) atoms. The van der Waals surface area contributed by atoms with E-state index in [1.807, 2.05) is 27.7 Å². The third kappa shape index (κ3) is 5.78. The Morgan fingerprint density at radius 3 is 2.32 bits per heavy atom.